The molecule has 15 amide bonds. The number of aliphatic hydroxyl groups is 2. The Morgan fingerprint density at radius 3 is 1.32 bits per heavy atom. The maximum Gasteiger partial charge on any atom is 0.326 e. The molecule has 1 heterocycles. The van der Waals surface area contributed by atoms with Crippen LogP contribution in [0.3, 0.4) is 0 Å². The fourth-order valence-corrected chi connectivity index (χ4v) is 10.4. The minimum absolute atomic E-state index is 0.0695. The highest BCUT2D eigenvalue weighted by Crippen LogP contribution is 2.12. The van der Waals surface area contributed by atoms with Gasteiger partial charge in [-0.15, -0.1) is 0 Å². The molecule has 0 aliphatic heterocycles. The van der Waals surface area contributed by atoms with Crippen LogP contribution in [0.25, 0.3) is 0 Å². The average molecular weight is 1570 g/mol. The number of thioether (sulfide) groups is 1. The first-order valence-corrected chi connectivity index (χ1v) is 36.7. The van der Waals surface area contributed by atoms with Crippen LogP contribution < -0.4 is 91.2 Å². The summed E-state index contributed by atoms with van der Waals surface area (Å²) in [6.45, 7) is 12.5. The highest BCUT2D eigenvalue weighted by molar-refractivity contribution is 7.98. The van der Waals surface area contributed by atoms with Crippen LogP contribution in [0.15, 0.2) is 12.5 Å². The molecule has 0 radical (unpaired) electrons. The van der Waals surface area contributed by atoms with Gasteiger partial charge in [-0.2, -0.15) is 11.8 Å². The van der Waals surface area contributed by atoms with Gasteiger partial charge < -0.3 is 122 Å². The summed E-state index contributed by atoms with van der Waals surface area (Å²) in [5, 5.41) is 84.4. The molecule has 0 aromatic carbocycles. The van der Waals surface area contributed by atoms with Crippen LogP contribution in [0.4, 0.5) is 0 Å². The third-order valence-electron chi connectivity index (χ3n) is 16.4. The molecule has 0 bridgehead atoms. The van der Waals surface area contributed by atoms with E-state index in [9.17, 15) is 112 Å². The second-order valence-corrected chi connectivity index (χ2v) is 28.2. The lowest BCUT2D eigenvalue weighted by Crippen LogP contribution is -2.61. The van der Waals surface area contributed by atoms with Crippen molar-refractivity contribution in [3.05, 3.63) is 18.2 Å². The molecule has 0 unspecified atom stereocenters. The summed E-state index contributed by atoms with van der Waals surface area (Å²) in [5.41, 5.74) is 11.8. The minimum atomic E-state index is -1.93. The Bertz CT molecular complexity index is 3270. The Balaban J connectivity index is 3.27. The Hall–Kier alpha value is -10.1. The van der Waals surface area contributed by atoms with E-state index in [2.05, 4.69) is 89.7 Å². The van der Waals surface area contributed by atoms with Crippen LogP contribution in [0.1, 0.15) is 127 Å². The van der Waals surface area contributed by atoms with Crippen molar-refractivity contribution >= 4 is 118 Å². The van der Waals surface area contributed by atoms with E-state index in [4.69, 9.17) is 11.5 Å². The number of nitrogens with two attached hydrogens (primary N) is 2. The first-order valence-electron chi connectivity index (χ1n) is 35.3. The number of aliphatic hydroxyl groups excluding tert-OH is 2. The lowest BCUT2D eigenvalue weighted by atomic mass is 9.99. The van der Waals surface area contributed by atoms with Crippen molar-refractivity contribution in [2.45, 2.75) is 206 Å². The van der Waals surface area contributed by atoms with Crippen molar-refractivity contribution in [1.29, 1.82) is 0 Å². The van der Waals surface area contributed by atoms with Gasteiger partial charge in [0.2, 0.25) is 88.6 Å². The SMILES string of the molecule is CSCC[C@H](NC(=O)[C@H](C)NC(=O)[C@H](CCC(=O)O)NC(=O)CNC(=O)[C@@H](N)C(C)C)C(=O)N[C@@H](CO)C(=O)N[C@@H](CCCCN)C(=O)N[C@H](C(=O)NCC(=O)N[C@@H](Cc1cnc[nH]1)C(=O)N[C@@H](CC(=O)O)C(=O)NCC(=O)N[C@H](C(=O)N[C@H](C(=O)N[C@@H](CO)C(=O)N[C@H](C(=O)O)C(C)C)C(C)C)C(C)C)C(C)C. The summed E-state index contributed by atoms with van der Waals surface area (Å²) in [6.07, 6.45) is 2.10. The van der Waals surface area contributed by atoms with E-state index in [-0.39, 0.29) is 49.6 Å². The zero-order chi connectivity index (χ0) is 83.1. The van der Waals surface area contributed by atoms with Gasteiger partial charge in [-0.3, -0.25) is 81.5 Å². The molecule has 1 aromatic heterocycles. The highest BCUT2D eigenvalue weighted by atomic mass is 32.2. The lowest BCUT2D eigenvalue weighted by molar-refractivity contribution is -0.144. The number of carboxylic acid groups (broad SMARTS) is 3. The molecule has 0 fully saturated rings. The van der Waals surface area contributed by atoms with Crippen molar-refractivity contribution in [1.82, 2.24) is 89.7 Å². The van der Waals surface area contributed by atoms with E-state index in [0.29, 0.717) is 6.42 Å². The molecule has 42 nitrogen and oxygen atoms in total. The van der Waals surface area contributed by atoms with Crippen LogP contribution in [0, 0.1) is 29.6 Å². The van der Waals surface area contributed by atoms with Gasteiger partial charge in [0.15, 0.2) is 0 Å². The second kappa shape index (κ2) is 49.7. The average Bonchev–Trinajstić information content (AvgIpc) is 1.05. The number of hydrogen-bond acceptors (Lipinski definition) is 24. The largest absolute Gasteiger partial charge is 0.481 e. The first-order chi connectivity index (χ1) is 51.0. The van der Waals surface area contributed by atoms with Gasteiger partial charge in [0.25, 0.3) is 0 Å². The number of unbranched alkanes of at least 4 members (excludes halogenated alkanes) is 1. The maximum atomic E-state index is 14.1. The molecule has 0 aliphatic rings. The summed E-state index contributed by atoms with van der Waals surface area (Å²) in [6, 6.07) is -19.4. The molecule has 0 spiro atoms. The molecule has 0 saturated heterocycles. The van der Waals surface area contributed by atoms with Crippen LogP contribution in [-0.4, -0.2) is 272 Å². The topological polar surface area (TPSA) is 670 Å². The van der Waals surface area contributed by atoms with Crippen LogP contribution in [0.2, 0.25) is 0 Å². The number of rotatable bonds is 52. The predicted molar refractivity (Wildman–Crippen MR) is 389 cm³/mol. The zero-order valence-electron chi connectivity index (χ0n) is 63.2. The molecule has 43 heteroatoms. The van der Waals surface area contributed by atoms with E-state index in [0.717, 1.165) is 0 Å². The van der Waals surface area contributed by atoms with E-state index < -0.39 is 261 Å². The molecule has 614 valence electrons. The van der Waals surface area contributed by atoms with Crippen molar-refractivity contribution in [2.75, 3.05) is 51.4 Å². The highest BCUT2D eigenvalue weighted by Gasteiger charge is 2.38. The monoisotopic (exact) mass is 1570 g/mol. The molecule has 1 rings (SSSR count). The van der Waals surface area contributed by atoms with Gasteiger partial charge in [-0.05, 0) is 87.2 Å². The molecule has 109 heavy (non-hydrogen) atoms. The van der Waals surface area contributed by atoms with Gasteiger partial charge in [-0.25, -0.2) is 9.78 Å². The van der Waals surface area contributed by atoms with Gasteiger partial charge in [0.1, 0.15) is 72.5 Å². The number of H-pyrrole nitrogens is 1. The van der Waals surface area contributed by atoms with Gasteiger partial charge in [0, 0.05) is 24.7 Å². The third-order valence-corrected chi connectivity index (χ3v) is 17.1. The molecule has 25 N–H and O–H groups in total. The smallest absolute Gasteiger partial charge is 0.326 e. The van der Waals surface area contributed by atoms with E-state index in [1.54, 1.807) is 20.1 Å². The fraction of sp³-hybridized carbons (Fsp3) is 0.682. The minimum Gasteiger partial charge on any atom is -0.481 e. The number of imidazole rings is 1. The Kier molecular flexibility index (Phi) is 44.2. The molecule has 0 saturated carbocycles. The predicted octanol–water partition coefficient (Wildman–Crippen LogP) is -7.96. The number of aromatic nitrogens is 2. The summed E-state index contributed by atoms with van der Waals surface area (Å²) in [5.74, 6) is -21.8. The number of aliphatic carboxylic acids is 3. The number of nitrogens with one attached hydrogen (secondary N) is 16. The zero-order valence-corrected chi connectivity index (χ0v) is 64.1. The number of carbonyl (C=O) groups is 18. The maximum absolute atomic E-state index is 14.1. The molecule has 1 aromatic rings. The number of hydrogen-bond donors (Lipinski definition) is 23. The number of nitrogens with zero attached hydrogens (tertiary/aromatic N) is 1. The number of aromatic amines is 1. The van der Waals surface area contributed by atoms with Gasteiger partial charge in [-0.1, -0.05) is 69.2 Å². The molecular formula is C66H111N19O23S. The van der Waals surface area contributed by atoms with Crippen molar-refractivity contribution in [2.24, 2.45) is 41.1 Å². The number of carbonyl (C=O) groups excluding carboxylic acids is 15. The van der Waals surface area contributed by atoms with Gasteiger partial charge in [0.05, 0.1) is 51.6 Å². The van der Waals surface area contributed by atoms with Crippen molar-refractivity contribution < 1.29 is 112 Å². The second-order valence-electron chi connectivity index (χ2n) is 27.3. The van der Waals surface area contributed by atoms with E-state index in [1.807, 2.05) is 0 Å². The van der Waals surface area contributed by atoms with E-state index >= 15 is 0 Å². The summed E-state index contributed by atoms with van der Waals surface area (Å²) in [4.78, 5) is 244. The quantitative estimate of drug-likeness (QED) is 0.0269. The van der Waals surface area contributed by atoms with Crippen LogP contribution in [-0.2, 0) is 92.7 Å². The summed E-state index contributed by atoms with van der Waals surface area (Å²) >= 11 is 1.27. The Morgan fingerprint density at radius 1 is 0.422 bits per heavy atom. The number of amides is 15. The van der Waals surface area contributed by atoms with Crippen LogP contribution in [0.5, 0.6) is 0 Å². The summed E-state index contributed by atoms with van der Waals surface area (Å²) < 4.78 is 0. The molecule has 0 aliphatic carbocycles. The standard InChI is InChI=1S/C66H111N19O23S/c1-30(2)49(68)62(103)71-24-44(88)75-38(16-17-47(91)92)56(97)74-35(11)54(95)77-39(18-20-109-12)57(98)80-42(27-86)60(101)78-37(15-13-14-19-67)58(99)83-50(31(3)4)63(104)72-25-45(89)76-40(21-36-23-69-29-73-36)59(100)79-41(22-48(93)94)55(96)70-26-46(90)82-51(32(5)6)65(106)84-52(33(7)8)64(105)81-43(28-87)61(102)85-53(34(9)10)66(107)108/h23,29-35,37-43,49-53,86-87H,13-22,24-28,67-68H2,1-12H3,(H,69,73)(H,70,96)(H,71,103)(H,72,104)(H,74,97)(H,75,88)(H,76,89)(H,77,95)(H,78,101)(H,79,100)(H,80,98)(H,81,105)(H,82,90)(H,83,99)(H,84,106)(H,85,102)(H,91,92)(H,93,94)(H,107,108)/t35-,37-,38-,39-,40-,41-,42-,43-,49-,50-,51-,52-,53-/m0/s1. The third kappa shape index (κ3) is 36.1. The van der Waals surface area contributed by atoms with Crippen molar-refractivity contribution in [3.8, 4) is 0 Å². The number of carboxylic acids is 3. The Morgan fingerprint density at radius 2 is 0.826 bits per heavy atom. The normalized spacial score (nSPS) is 14.8. The molecule has 13 atom stereocenters. The lowest BCUT2D eigenvalue weighted by Gasteiger charge is -2.28. The van der Waals surface area contributed by atoms with Crippen molar-refractivity contribution in [3.63, 3.8) is 0 Å². The van der Waals surface area contributed by atoms with E-state index in [1.165, 1.54) is 86.6 Å². The van der Waals surface area contributed by atoms with Crippen LogP contribution >= 0.6 is 11.8 Å². The Labute approximate surface area is 634 Å². The fourth-order valence-electron chi connectivity index (χ4n) is 9.90. The molecular weight excluding hydrogens is 1460 g/mol. The summed E-state index contributed by atoms with van der Waals surface area (Å²) in [7, 11) is 0. The van der Waals surface area contributed by atoms with Gasteiger partial charge >= 0.3 is 17.9 Å². The first kappa shape index (κ1) is 96.9.